The molecule has 0 aliphatic carbocycles. The molecule has 5 nitrogen and oxygen atoms in total. The Morgan fingerprint density at radius 3 is 2.82 bits per heavy atom. The number of aromatic nitrogens is 1. The molecule has 0 bridgehead atoms. The van der Waals surface area contributed by atoms with Crippen LogP contribution in [0.1, 0.15) is 24.3 Å². The molecular formula is C10H17N3O2S2. The number of rotatable bonds is 3. The molecule has 17 heavy (non-hydrogen) atoms. The topological polar surface area (TPSA) is 76.3 Å². The minimum atomic E-state index is -2.85. The molecule has 96 valence electrons. The van der Waals surface area contributed by atoms with Crippen molar-refractivity contribution in [3.05, 3.63) is 11.1 Å². The van der Waals surface area contributed by atoms with Crippen LogP contribution in [0.5, 0.6) is 0 Å². The standard InChI is InChI=1S/C10H17N3O2S2/c1-7(11)9-5-12-10(16-9)13(2)8-3-4-17(14,15)6-8/h5,7-8H,3-4,6,11H2,1-2H3. The van der Waals surface area contributed by atoms with Gasteiger partial charge < -0.3 is 10.6 Å². The molecular weight excluding hydrogens is 258 g/mol. The highest BCUT2D eigenvalue weighted by Gasteiger charge is 2.31. The lowest BCUT2D eigenvalue weighted by Crippen LogP contribution is -2.32. The molecule has 2 rings (SSSR count). The van der Waals surface area contributed by atoms with E-state index in [-0.39, 0.29) is 23.6 Å². The minimum absolute atomic E-state index is 0.0260. The average molecular weight is 275 g/mol. The van der Waals surface area contributed by atoms with Crippen molar-refractivity contribution in [3.8, 4) is 0 Å². The Hall–Kier alpha value is -0.660. The van der Waals surface area contributed by atoms with Crippen molar-refractivity contribution in [1.29, 1.82) is 0 Å². The predicted molar refractivity (Wildman–Crippen MR) is 70.2 cm³/mol. The average Bonchev–Trinajstić information content (AvgIpc) is 2.83. The summed E-state index contributed by atoms with van der Waals surface area (Å²) in [5.74, 6) is 0.518. The van der Waals surface area contributed by atoms with E-state index in [4.69, 9.17) is 5.73 Å². The third-order valence-corrected chi connectivity index (χ3v) is 6.06. The second-order valence-corrected chi connectivity index (χ2v) is 7.77. The fourth-order valence-corrected chi connectivity index (χ4v) is 4.56. The van der Waals surface area contributed by atoms with E-state index in [9.17, 15) is 8.42 Å². The molecule has 2 heterocycles. The van der Waals surface area contributed by atoms with Gasteiger partial charge in [0.1, 0.15) is 0 Å². The van der Waals surface area contributed by atoms with Gasteiger partial charge in [0.2, 0.25) is 0 Å². The van der Waals surface area contributed by atoms with Gasteiger partial charge in [-0.25, -0.2) is 13.4 Å². The monoisotopic (exact) mass is 275 g/mol. The summed E-state index contributed by atoms with van der Waals surface area (Å²) < 4.78 is 22.9. The lowest BCUT2D eigenvalue weighted by Gasteiger charge is -2.22. The van der Waals surface area contributed by atoms with E-state index >= 15 is 0 Å². The van der Waals surface area contributed by atoms with E-state index in [0.29, 0.717) is 6.42 Å². The van der Waals surface area contributed by atoms with Crippen molar-refractivity contribution in [2.24, 2.45) is 5.73 Å². The zero-order chi connectivity index (χ0) is 12.6. The second kappa shape index (κ2) is 4.55. The number of sulfone groups is 1. The largest absolute Gasteiger partial charge is 0.347 e. The fraction of sp³-hybridized carbons (Fsp3) is 0.700. The van der Waals surface area contributed by atoms with Gasteiger partial charge in [-0.1, -0.05) is 0 Å². The summed E-state index contributed by atoms with van der Waals surface area (Å²) >= 11 is 1.53. The summed E-state index contributed by atoms with van der Waals surface area (Å²) in [6, 6.07) is 0.0223. The normalized spacial score (nSPS) is 24.8. The number of nitrogens with zero attached hydrogens (tertiary/aromatic N) is 2. The van der Waals surface area contributed by atoms with Crippen molar-refractivity contribution >= 4 is 26.3 Å². The summed E-state index contributed by atoms with van der Waals surface area (Å²) in [6.45, 7) is 1.91. The van der Waals surface area contributed by atoms with E-state index in [2.05, 4.69) is 4.98 Å². The molecule has 2 atom stereocenters. The van der Waals surface area contributed by atoms with E-state index in [1.807, 2.05) is 18.9 Å². The van der Waals surface area contributed by atoms with Crippen LogP contribution in [0.3, 0.4) is 0 Å². The highest BCUT2D eigenvalue weighted by Crippen LogP contribution is 2.29. The molecule has 0 spiro atoms. The van der Waals surface area contributed by atoms with Gasteiger partial charge in [-0.15, -0.1) is 11.3 Å². The van der Waals surface area contributed by atoms with Crippen molar-refractivity contribution in [2.75, 3.05) is 23.5 Å². The van der Waals surface area contributed by atoms with Crippen LogP contribution in [0, 0.1) is 0 Å². The van der Waals surface area contributed by atoms with Crippen molar-refractivity contribution in [1.82, 2.24) is 4.98 Å². The maximum atomic E-state index is 11.4. The fourth-order valence-electron chi connectivity index (χ4n) is 1.89. The number of thiazole rings is 1. The van der Waals surface area contributed by atoms with Crippen LogP contribution in [0.25, 0.3) is 0 Å². The Balaban J connectivity index is 2.12. The number of anilines is 1. The van der Waals surface area contributed by atoms with Crippen LogP contribution in [0.15, 0.2) is 6.20 Å². The Morgan fingerprint density at radius 1 is 1.65 bits per heavy atom. The summed E-state index contributed by atoms with van der Waals surface area (Å²) in [5, 5.41) is 0.847. The number of hydrogen-bond acceptors (Lipinski definition) is 6. The van der Waals surface area contributed by atoms with Crippen molar-refractivity contribution < 1.29 is 8.42 Å². The Kier molecular flexibility index (Phi) is 3.42. The molecule has 0 radical (unpaired) electrons. The number of nitrogens with two attached hydrogens (primary N) is 1. The van der Waals surface area contributed by atoms with Gasteiger partial charge in [0.25, 0.3) is 0 Å². The molecule has 2 unspecified atom stereocenters. The molecule has 1 fully saturated rings. The molecule has 1 aromatic rings. The van der Waals surface area contributed by atoms with Crippen LogP contribution >= 0.6 is 11.3 Å². The smallest absolute Gasteiger partial charge is 0.185 e. The molecule has 1 aliphatic heterocycles. The number of hydrogen-bond donors (Lipinski definition) is 1. The van der Waals surface area contributed by atoms with E-state index in [1.165, 1.54) is 11.3 Å². The zero-order valence-electron chi connectivity index (χ0n) is 9.96. The SMILES string of the molecule is CC(N)c1cnc(N(C)C2CCS(=O)(=O)C2)s1. The lowest BCUT2D eigenvalue weighted by atomic mass is 10.2. The molecule has 1 saturated heterocycles. The van der Waals surface area contributed by atoms with Crippen molar-refractivity contribution in [2.45, 2.75) is 25.4 Å². The minimum Gasteiger partial charge on any atom is -0.347 e. The summed E-state index contributed by atoms with van der Waals surface area (Å²) in [7, 11) is -0.949. The van der Waals surface area contributed by atoms with Gasteiger partial charge in [0.05, 0.1) is 11.5 Å². The molecule has 2 N–H and O–H groups in total. The van der Waals surface area contributed by atoms with Crippen LogP contribution in [-0.4, -0.2) is 38.0 Å². The Morgan fingerprint density at radius 2 is 2.35 bits per heavy atom. The third-order valence-electron chi connectivity index (χ3n) is 3.02. The van der Waals surface area contributed by atoms with E-state index < -0.39 is 9.84 Å². The third kappa shape index (κ3) is 2.78. The van der Waals surface area contributed by atoms with Crippen LogP contribution in [0.2, 0.25) is 0 Å². The Bertz CT molecular complexity index is 495. The first-order valence-corrected chi connectivity index (χ1v) is 8.17. The van der Waals surface area contributed by atoms with Gasteiger partial charge in [-0.2, -0.15) is 0 Å². The lowest BCUT2D eigenvalue weighted by molar-refractivity contribution is 0.601. The first-order chi connectivity index (χ1) is 7.89. The summed E-state index contributed by atoms with van der Waals surface area (Å²) in [4.78, 5) is 7.28. The molecule has 0 saturated carbocycles. The van der Waals surface area contributed by atoms with Gasteiger partial charge in [-0.05, 0) is 13.3 Å². The molecule has 7 heteroatoms. The second-order valence-electron chi connectivity index (χ2n) is 4.50. The van der Waals surface area contributed by atoms with Gasteiger partial charge in [-0.3, -0.25) is 0 Å². The van der Waals surface area contributed by atoms with E-state index in [0.717, 1.165) is 10.0 Å². The van der Waals surface area contributed by atoms with Gasteiger partial charge >= 0.3 is 0 Å². The first kappa shape index (κ1) is 12.8. The molecule has 0 amide bonds. The van der Waals surface area contributed by atoms with Crippen LogP contribution in [0.4, 0.5) is 5.13 Å². The van der Waals surface area contributed by atoms with Crippen molar-refractivity contribution in [3.63, 3.8) is 0 Å². The predicted octanol–water partition coefficient (Wildman–Crippen LogP) is 0.786. The Labute approximate surface area is 106 Å². The molecule has 1 aromatic heterocycles. The molecule has 1 aliphatic rings. The maximum Gasteiger partial charge on any atom is 0.185 e. The first-order valence-electron chi connectivity index (χ1n) is 5.53. The van der Waals surface area contributed by atoms with Gasteiger partial charge in [0, 0.05) is 30.2 Å². The summed E-state index contributed by atoms with van der Waals surface area (Å²) in [6.07, 6.45) is 2.45. The summed E-state index contributed by atoms with van der Waals surface area (Å²) in [5.41, 5.74) is 5.78. The zero-order valence-corrected chi connectivity index (χ0v) is 11.6. The van der Waals surface area contributed by atoms with E-state index in [1.54, 1.807) is 6.20 Å². The quantitative estimate of drug-likeness (QED) is 0.882. The van der Waals surface area contributed by atoms with Crippen LogP contribution in [-0.2, 0) is 9.84 Å². The maximum absolute atomic E-state index is 11.4. The highest BCUT2D eigenvalue weighted by atomic mass is 32.2. The molecule has 0 aromatic carbocycles. The van der Waals surface area contributed by atoms with Crippen LogP contribution < -0.4 is 10.6 Å². The highest BCUT2D eigenvalue weighted by molar-refractivity contribution is 7.91. The van der Waals surface area contributed by atoms with Gasteiger partial charge in [0.15, 0.2) is 15.0 Å².